The van der Waals surface area contributed by atoms with Crippen LogP contribution >= 0.6 is 11.6 Å². The molecule has 5 nitrogen and oxygen atoms in total. The standard InChI is InChI=1S/C17H21ClN2O3/c18-14-6-5-12(20-9-3-4-15(20)21)10-13(14)16(22)19-11-17(23)7-1-2-8-17/h5-6,10,23H,1-4,7-9,11H2,(H,19,22). The topological polar surface area (TPSA) is 69.6 Å². The van der Waals surface area contributed by atoms with Crippen molar-refractivity contribution in [3.63, 3.8) is 0 Å². The summed E-state index contributed by atoms with van der Waals surface area (Å²) in [5, 5.41) is 13.4. The first-order chi connectivity index (χ1) is 11.0. The van der Waals surface area contributed by atoms with Crippen molar-refractivity contribution in [1.82, 2.24) is 5.32 Å². The molecular formula is C17H21ClN2O3. The van der Waals surface area contributed by atoms with Crippen molar-refractivity contribution in [2.45, 2.75) is 44.1 Å². The molecule has 1 aliphatic carbocycles. The maximum Gasteiger partial charge on any atom is 0.252 e. The van der Waals surface area contributed by atoms with Crippen LogP contribution in [0.3, 0.4) is 0 Å². The molecule has 0 bridgehead atoms. The van der Waals surface area contributed by atoms with E-state index in [-0.39, 0.29) is 18.4 Å². The van der Waals surface area contributed by atoms with Crippen molar-refractivity contribution in [1.29, 1.82) is 0 Å². The van der Waals surface area contributed by atoms with Gasteiger partial charge in [-0.1, -0.05) is 24.4 Å². The molecule has 2 N–H and O–H groups in total. The number of amides is 2. The minimum atomic E-state index is -0.801. The van der Waals surface area contributed by atoms with Gasteiger partial charge in [-0.15, -0.1) is 0 Å². The highest BCUT2D eigenvalue weighted by Gasteiger charge is 2.31. The van der Waals surface area contributed by atoms with Crippen molar-refractivity contribution >= 4 is 29.1 Å². The number of rotatable bonds is 4. The van der Waals surface area contributed by atoms with E-state index in [2.05, 4.69) is 5.32 Å². The van der Waals surface area contributed by atoms with Gasteiger partial charge in [0.05, 0.1) is 16.2 Å². The highest BCUT2D eigenvalue weighted by Crippen LogP contribution is 2.29. The Kier molecular flexibility index (Phi) is 4.60. The quantitative estimate of drug-likeness (QED) is 0.887. The van der Waals surface area contributed by atoms with Crippen LogP contribution in [0.5, 0.6) is 0 Å². The summed E-state index contributed by atoms with van der Waals surface area (Å²) in [6.45, 7) is 0.899. The first-order valence-corrected chi connectivity index (χ1v) is 8.47. The molecule has 0 radical (unpaired) electrons. The SMILES string of the molecule is O=C(NCC1(O)CCCC1)c1cc(N2CCCC2=O)ccc1Cl. The number of anilines is 1. The third-order valence-corrected chi connectivity index (χ3v) is 5.02. The van der Waals surface area contributed by atoms with E-state index < -0.39 is 5.60 Å². The van der Waals surface area contributed by atoms with E-state index in [4.69, 9.17) is 11.6 Å². The van der Waals surface area contributed by atoms with E-state index in [1.165, 1.54) is 0 Å². The summed E-state index contributed by atoms with van der Waals surface area (Å²) >= 11 is 6.14. The molecule has 2 aliphatic rings. The van der Waals surface area contributed by atoms with Crippen LogP contribution in [0.2, 0.25) is 5.02 Å². The number of nitrogens with zero attached hydrogens (tertiary/aromatic N) is 1. The molecule has 1 aromatic rings. The lowest BCUT2D eigenvalue weighted by Crippen LogP contribution is -2.40. The van der Waals surface area contributed by atoms with Crippen LogP contribution in [0.4, 0.5) is 5.69 Å². The van der Waals surface area contributed by atoms with Crippen LogP contribution in [-0.2, 0) is 4.79 Å². The third kappa shape index (κ3) is 3.51. The number of hydrogen-bond acceptors (Lipinski definition) is 3. The van der Waals surface area contributed by atoms with Crippen molar-refractivity contribution in [2.75, 3.05) is 18.0 Å². The van der Waals surface area contributed by atoms with Gasteiger partial charge in [-0.05, 0) is 37.5 Å². The fourth-order valence-electron chi connectivity index (χ4n) is 3.33. The molecule has 23 heavy (non-hydrogen) atoms. The van der Waals surface area contributed by atoms with Gasteiger partial charge in [0.1, 0.15) is 0 Å². The van der Waals surface area contributed by atoms with Crippen LogP contribution in [0, 0.1) is 0 Å². The fourth-order valence-corrected chi connectivity index (χ4v) is 3.53. The smallest absolute Gasteiger partial charge is 0.252 e. The Bertz CT molecular complexity index is 626. The monoisotopic (exact) mass is 336 g/mol. The molecule has 0 spiro atoms. The highest BCUT2D eigenvalue weighted by atomic mass is 35.5. The number of carbonyl (C=O) groups excluding carboxylic acids is 2. The van der Waals surface area contributed by atoms with Gasteiger partial charge in [-0.2, -0.15) is 0 Å². The van der Waals surface area contributed by atoms with E-state index in [0.717, 1.165) is 19.3 Å². The fraction of sp³-hybridized carbons (Fsp3) is 0.529. The second-order valence-corrected chi connectivity index (χ2v) is 6.83. The summed E-state index contributed by atoms with van der Waals surface area (Å²) in [7, 11) is 0. The van der Waals surface area contributed by atoms with Crippen molar-refractivity contribution in [2.24, 2.45) is 0 Å². The molecule has 2 fully saturated rings. The van der Waals surface area contributed by atoms with Gasteiger partial charge < -0.3 is 15.3 Å². The predicted molar refractivity (Wildman–Crippen MR) is 88.8 cm³/mol. The summed E-state index contributed by atoms with van der Waals surface area (Å²) in [4.78, 5) is 25.9. The zero-order valence-corrected chi connectivity index (χ0v) is 13.7. The molecule has 2 amide bonds. The number of hydrogen-bond donors (Lipinski definition) is 2. The Labute approximate surface area is 140 Å². The van der Waals surface area contributed by atoms with E-state index >= 15 is 0 Å². The highest BCUT2D eigenvalue weighted by molar-refractivity contribution is 6.34. The molecule has 1 saturated carbocycles. The summed E-state index contributed by atoms with van der Waals surface area (Å²) in [5.74, 6) is -0.247. The lowest BCUT2D eigenvalue weighted by molar-refractivity contribution is -0.117. The normalized spacial score (nSPS) is 20.1. The molecule has 1 aromatic carbocycles. The molecule has 6 heteroatoms. The van der Waals surface area contributed by atoms with E-state index in [9.17, 15) is 14.7 Å². The molecule has 124 valence electrons. The molecule has 1 heterocycles. The van der Waals surface area contributed by atoms with E-state index in [1.807, 2.05) is 0 Å². The Morgan fingerprint density at radius 3 is 2.70 bits per heavy atom. The number of halogens is 1. The second-order valence-electron chi connectivity index (χ2n) is 6.43. The predicted octanol–water partition coefficient (Wildman–Crippen LogP) is 2.50. The van der Waals surface area contributed by atoms with Crippen LogP contribution < -0.4 is 10.2 Å². The molecule has 0 aromatic heterocycles. The Hall–Kier alpha value is -1.59. The molecule has 0 unspecified atom stereocenters. The van der Waals surface area contributed by atoms with Crippen molar-refractivity contribution in [3.8, 4) is 0 Å². The summed E-state index contributed by atoms with van der Waals surface area (Å²) in [5.41, 5.74) is 0.233. The van der Waals surface area contributed by atoms with E-state index in [1.54, 1.807) is 23.1 Å². The summed E-state index contributed by atoms with van der Waals surface area (Å²) in [6, 6.07) is 5.05. The average Bonchev–Trinajstić information content (AvgIpc) is 3.15. The van der Waals surface area contributed by atoms with Gasteiger partial charge in [0.25, 0.3) is 5.91 Å². The van der Waals surface area contributed by atoms with Gasteiger partial charge in [0, 0.05) is 25.2 Å². The number of benzene rings is 1. The summed E-state index contributed by atoms with van der Waals surface area (Å²) in [6.07, 6.45) is 4.76. The lowest BCUT2D eigenvalue weighted by Gasteiger charge is -2.23. The van der Waals surface area contributed by atoms with Crippen LogP contribution in [0.15, 0.2) is 18.2 Å². The number of nitrogens with one attached hydrogen (secondary N) is 1. The molecule has 0 atom stereocenters. The minimum absolute atomic E-state index is 0.0685. The van der Waals surface area contributed by atoms with Crippen LogP contribution in [0.25, 0.3) is 0 Å². The number of carbonyl (C=O) groups is 2. The molecule has 1 saturated heterocycles. The Morgan fingerprint density at radius 1 is 1.30 bits per heavy atom. The van der Waals surface area contributed by atoms with E-state index in [0.29, 0.717) is 42.1 Å². The first-order valence-electron chi connectivity index (χ1n) is 8.09. The van der Waals surface area contributed by atoms with Gasteiger partial charge in [-0.3, -0.25) is 9.59 Å². The van der Waals surface area contributed by atoms with Gasteiger partial charge in [0.15, 0.2) is 0 Å². The number of aliphatic hydroxyl groups is 1. The lowest BCUT2D eigenvalue weighted by atomic mass is 10.0. The third-order valence-electron chi connectivity index (χ3n) is 4.69. The first kappa shape index (κ1) is 16.3. The second kappa shape index (κ2) is 6.49. The van der Waals surface area contributed by atoms with Crippen molar-refractivity contribution < 1.29 is 14.7 Å². The largest absolute Gasteiger partial charge is 0.388 e. The summed E-state index contributed by atoms with van der Waals surface area (Å²) < 4.78 is 0. The maximum atomic E-state index is 12.4. The van der Waals surface area contributed by atoms with Crippen molar-refractivity contribution in [3.05, 3.63) is 28.8 Å². The van der Waals surface area contributed by atoms with Gasteiger partial charge in [0.2, 0.25) is 5.91 Å². The maximum absolute atomic E-state index is 12.4. The molecule has 3 rings (SSSR count). The molecule has 1 aliphatic heterocycles. The average molecular weight is 337 g/mol. The van der Waals surface area contributed by atoms with Gasteiger partial charge in [-0.25, -0.2) is 0 Å². The van der Waals surface area contributed by atoms with Gasteiger partial charge >= 0.3 is 0 Å². The van der Waals surface area contributed by atoms with Crippen LogP contribution in [-0.4, -0.2) is 35.6 Å². The zero-order valence-electron chi connectivity index (χ0n) is 13.0. The Morgan fingerprint density at radius 2 is 2.04 bits per heavy atom. The van der Waals surface area contributed by atoms with Crippen LogP contribution in [0.1, 0.15) is 48.9 Å². The minimum Gasteiger partial charge on any atom is -0.388 e. The molecular weight excluding hydrogens is 316 g/mol. The Balaban J connectivity index is 1.73. The zero-order chi connectivity index (χ0) is 16.4.